The minimum Gasteiger partial charge on any atom is -0.379 e. The summed E-state index contributed by atoms with van der Waals surface area (Å²) >= 11 is 6.15. The standard InChI is InChI=1S/C27H31ClN4O4S/c1-2-11-32-25(19-29-27(32)37(34,35)21-22-7-4-3-5-8-22)20-31(13-12-30-14-16-36-17-15-30)26(33)23-9-6-10-24(28)18-23/h2-10,18-19H,1,11-17,20-21H2. The second-order valence-electron chi connectivity index (χ2n) is 8.87. The highest BCUT2D eigenvalue weighted by molar-refractivity contribution is 7.90. The maximum absolute atomic E-state index is 13.5. The Morgan fingerprint density at radius 3 is 2.59 bits per heavy atom. The van der Waals surface area contributed by atoms with Gasteiger partial charge in [0.2, 0.25) is 15.0 Å². The van der Waals surface area contributed by atoms with Crippen molar-refractivity contribution < 1.29 is 17.9 Å². The number of hydrogen-bond donors (Lipinski definition) is 0. The predicted octanol–water partition coefficient (Wildman–Crippen LogP) is 3.67. The Labute approximate surface area is 223 Å². The molecule has 0 spiro atoms. The van der Waals surface area contributed by atoms with Crippen LogP contribution in [0, 0.1) is 0 Å². The molecule has 196 valence electrons. The molecule has 37 heavy (non-hydrogen) atoms. The molecule has 0 radical (unpaired) electrons. The molecular formula is C27H31ClN4O4S. The van der Waals surface area contributed by atoms with Crippen LogP contribution < -0.4 is 0 Å². The molecule has 2 aromatic carbocycles. The van der Waals surface area contributed by atoms with Crippen molar-refractivity contribution in [2.75, 3.05) is 39.4 Å². The minimum absolute atomic E-state index is 0.0328. The number of carbonyl (C=O) groups excluding carboxylic acids is 1. The van der Waals surface area contributed by atoms with Gasteiger partial charge in [0.15, 0.2) is 0 Å². The summed E-state index contributed by atoms with van der Waals surface area (Å²) in [5.74, 6) is -0.348. The van der Waals surface area contributed by atoms with Crippen molar-refractivity contribution in [2.45, 2.75) is 24.0 Å². The highest BCUT2D eigenvalue weighted by atomic mass is 35.5. The van der Waals surface area contributed by atoms with Crippen LogP contribution in [0.2, 0.25) is 5.02 Å². The number of carbonyl (C=O) groups is 1. The topological polar surface area (TPSA) is 84.7 Å². The van der Waals surface area contributed by atoms with Gasteiger partial charge in [0.25, 0.3) is 5.91 Å². The lowest BCUT2D eigenvalue weighted by atomic mass is 10.2. The third-order valence-electron chi connectivity index (χ3n) is 6.19. The number of rotatable bonds is 11. The van der Waals surface area contributed by atoms with Crippen molar-refractivity contribution in [1.29, 1.82) is 0 Å². The molecule has 1 saturated heterocycles. The Kier molecular flexibility index (Phi) is 9.15. The molecule has 1 aliphatic heterocycles. The van der Waals surface area contributed by atoms with E-state index >= 15 is 0 Å². The van der Waals surface area contributed by atoms with E-state index in [0.717, 1.165) is 13.1 Å². The maximum Gasteiger partial charge on any atom is 0.254 e. The zero-order valence-corrected chi connectivity index (χ0v) is 22.2. The van der Waals surface area contributed by atoms with Gasteiger partial charge < -0.3 is 14.2 Å². The minimum atomic E-state index is -3.73. The summed E-state index contributed by atoms with van der Waals surface area (Å²) in [6, 6.07) is 15.8. The van der Waals surface area contributed by atoms with E-state index in [9.17, 15) is 13.2 Å². The van der Waals surface area contributed by atoms with Crippen LogP contribution in [-0.4, -0.2) is 73.1 Å². The van der Waals surface area contributed by atoms with Crippen LogP contribution in [0.4, 0.5) is 0 Å². The molecule has 0 N–H and O–H groups in total. The van der Waals surface area contributed by atoms with E-state index < -0.39 is 9.84 Å². The van der Waals surface area contributed by atoms with E-state index in [2.05, 4.69) is 16.5 Å². The van der Waals surface area contributed by atoms with Gasteiger partial charge in [-0.1, -0.05) is 54.1 Å². The maximum atomic E-state index is 13.5. The second kappa shape index (κ2) is 12.5. The summed E-state index contributed by atoms with van der Waals surface area (Å²) in [6.45, 7) is 8.29. The number of sulfone groups is 1. The zero-order chi connectivity index (χ0) is 26.3. The highest BCUT2D eigenvalue weighted by Crippen LogP contribution is 2.20. The average molecular weight is 543 g/mol. The van der Waals surface area contributed by atoms with Gasteiger partial charge in [-0.15, -0.1) is 6.58 Å². The first kappa shape index (κ1) is 27.1. The Hall–Kier alpha value is -2.98. The molecule has 4 rings (SSSR count). The van der Waals surface area contributed by atoms with Gasteiger partial charge in [0.05, 0.1) is 37.4 Å². The number of hydrogen-bond acceptors (Lipinski definition) is 6. The van der Waals surface area contributed by atoms with Gasteiger partial charge in [0, 0.05) is 43.3 Å². The first-order valence-electron chi connectivity index (χ1n) is 12.1. The average Bonchev–Trinajstić information content (AvgIpc) is 3.30. The Morgan fingerprint density at radius 2 is 1.89 bits per heavy atom. The second-order valence-corrected chi connectivity index (χ2v) is 11.2. The molecule has 0 bridgehead atoms. The molecule has 1 aliphatic rings. The monoisotopic (exact) mass is 542 g/mol. The first-order chi connectivity index (χ1) is 17.9. The first-order valence-corrected chi connectivity index (χ1v) is 14.2. The number of allylic oxidation sites excluding steroid dienone is 1. The van der Waals surface area contributed by atoms with Crippen LogP contribution in [0.5, 0.6) is 0 Å². The lowest BCUT2D eigenvalue weighted by Gasteiger charge is -2.30. The number of morpholine rings is 1. The Morgan fingerprint density at radius 1 is 1.14 bits per heavy atom. The van der Waals surface area contributed by atoms with Crippen molar-refractivity contribution >= 4 is 27.3 Å². The van der Waals surface area contributed by atoms with Crippen LogP contribution in [0.3, 0.4) is 0 Å². The van der Waals surface area contributed by atoms with E-state index in [4.69, 9.17) is 16.3 Å². The van der Waals surface area contributed by atoms with Crippen molar-refractivity contribution in [3.63, 3.8) is 0 Å². The number of nitrogens with zero attached hydrogens (tertiary/aromatic N) is 4. The fourth-order valence-electron chi connectivity index (χ4n) is 4.29. The molecule has 0 unspecified atom stereocenters. The third-order valence-corrected chi connectivity index (χ3v) is 8.02. The Bertz CT molecular complexity index is 1320. The Balaban J connectivity index is 1.61. The molecule has 8 nitrogen and oxygen atoms in total. The number of imidazole rings is 1. The van der Waals surface area contributed by atoms with Crippen molar-refractivity contribution in [3.8, 4) is 0 Å². The predicted molar refractivity (Wildman–Crippen MR) is 143 cm³/mol. The summed E-state index contributed by atoms with van der Waals surface area (Å²) in [4.78, 5) is 21.8. The smallest absolute Gasteiger partial charge is 0.254 e. The van der Waals surface area contributed by atoms with E-state index in [1.165, 1.54) is 6.20 Å². The highest BCUT2D eigenvalue weighted by Gasteiger charge is 2.26. The quantitative estimate of drug-likeness (QED) is 0.344. The SMILES string of the molecule is C=CCn1c(CN(CCN2CCOCC2)C(=O)c2cccc(Cl)c2)cnc1S(=O)(=O)Cc1ccccc1. The zero-order valence-electron chi connectivity index (χ0n) is 20.6. The van der Waals surface area contributed by atoms with E-state index in [1.54, 1.807) is 64.1 Å². The molecule has 3 aromatic rings. The number of benzene rings is 2. The normalized spacial score (nSPS) is 14.4. The number of ether oxygens (including phenoxy) is 1. The van der Waals surface area contributed by atoms with Gasteiger partial charge in [-0.3, -0.25) is 9.69 Å². The van der Waals surface area contributed by atoms with Gasteiger partial charge in [-0.25, -0.2) is 13.4 Å². The van der Waals surface area contributed by atoms with Crippen molar-refractivity contribution in [2.24, 2.45) is 0 Å². The van der Waals surface area contributed by atoms with Gasteiger partial charge in [-0.05, 0) is 23.8 Å². The largest absolute Gasteiger partial charge is 0.379 e. The lowest BCUT2D eigenvalue weighted by molar-refractivity contribution is 0.0319. The molecule has 1 amide bonds. The molecule has 0 atom stereocenters. The summed E-state index contributed by atoms with van der Waals surface area (Å²) < 4.78 is 33.6. The molecule has 2 heterocycles. The number of amides is 1. The van der Waals surface area contributed by atoms with E-state index in [0.29, 0.717) is 48.1 Å². The number of halogens is 1. The van der Waals surface area contributed by atoms with Crippen LogP contribution in [0.1, 0.15) is 21.6 Å². The van der Waals surface area contributed by atoms with E-state index in [-0.39, 0.29) is 29.9 Å². The van der Waals surface area contributed by atoms with Crippen LogP contribution in [-0.2, 0) is 33.4 Å². The van der Waals surface area contributed by atoms with Crippen LogP contribution in [0.15, 0.2) is 78.6 Å². The lowest BCUT2D eigenvalue weighted by Crippen LogP contribution is -2.43. The number of aromatic nitrogens is 2. The molecule has 1 aromatic heterocycles. The fourth-order valence-corrected chi connectivity index (χ4v) is 5.98. The van der Waals surface area contributed by atoms with Gasteiger partial charge in [0.1, 0.15) is 0 Å². The van der Waals surface area contributed by atoms with Crippen LogP contribution in [0.25, 0.3) is 0 Å². The molecular weight excluding hydrogens is 512 g/mol. The molecule has 0 aliphatic carbocycles. The van der Waals surface area contributed by atoms with Crippen LogP contribution >= 0.6 is 11.6 Å². The fraction of sp³-hybridized carbons (Fsp3) is 0.333. The third kappa shape index (κ3) is 7.07. The molecule has 1 fully saturated rings. The van der Waals surface area contributed by atoms with E-state index in [1.807, 2.05) is 6.07 Å². The molecule has 0 saturated carbocycles. The molecule has 10 heteroatoms. The summed E-state index contributed by atoms with van der Waals surface area (Å²) in [5.41, 5.74) is 1.77. The van der Waals surface area contributed by atoms with Gasteiger partial charge >= 0.3 is 0 Å². The van der Waals surface area contributed by atoms with Crippen molar-refractivity contribution in [3.05, 3.63) is 95.3 Å². The summed E-state index contributed by atoms with van der Waals surface area (Å²) in [5, 5.41) is 0.444. The summed E-state index contributed by atoms with van der Waals surface area (Å²) in [7, 11) is -3.73. The summed E-state index contributed by atoms with van der Waals surface area (Å²) in [6.07, 6.45) is 3.16. The van der Waals surface area contributed by atoms with Crippen molar-refractivity contribution in [1.82, 2.24) is 19.4 Å². The van der Waals surface area contributed by atoms with Gasteiger partial charge in [-0.2, -0.15) is 0 Å².